The molecule has 1 aromatic heterocycles. The summed E-state index contributed by atoms with van der Waals surface area (Å²) in [7, 11) is 0. The molecule has 0 bridgehead atoms. The first-order valence-electron chi connectivity index (χ1n) is 9.06. The fourth-order valence-corrected chi connectivity index (χ4v) is 3.02. The SMILES string of the molecule is O=c1[nH]c(Nc2ccc(Nc3ccccc3)cc2)nnc1Cc1ccccc1Cl. The Morgan fingerprint density at radius 2 is 1.38 bits per heavy atom. The van der Waals surface area contributed by atoms with E-state index in [4.69, 9.17) is 11.6 Å². The molecule has 144 valence electrons. The van der Waals surface area contributed by atoms with Crippen molar-refractivity contribution >= 4 is 34.6 Å². The molecule has 0 saturated carbocycles. The van der Waals surface area contributed by atoms with Crippen LogP contribution in [0.25, 0.3) is 0 Å². The van der Waals surface area contributed by atoms with Crippen LogP contribution in [0, 0.1) is 0 Å². The summed E-state index contributed by atoms with van der Waals surface area (Å²) in [6, 6.07) is 24.9. The van der Waals surface area contributed by atoms with Crippen molar-refractivity contribution in [3.05, 3.63) is 105 Å². The molecule has 3 aromatic carbocycles. The first-order valence-corrected chi connectivity index (χ1v) is 9.43. The third-order valence-corrected chi connectivity index (χ3v) is 4.66. The van der Waals surface area contributed by atoms with Gasteiger partial charge in [0.15, 0.2) is 0 Å². The van der Waals surface area contributed by atoms with Crippen LogP contribution in [-0.2, 0) is 6.42 Å². The van der Waals surface area contributed by atoms with Gasteiger partial charge in [-0.15, -0.1) is 10.2 Å². The van der Waals surface area contributed by atoms with E-state index < -0.39 is 0 Å². The normalized spacial score (nSPS) is 10.5. The molecule has 0 fully saturated rings. The van der Waals surface area contributed by atoms with Gasteiger partial charge in [-0.3, -0.25) is 9.78 Å². The number of para-hydroxylation sites is 1. The van der Waals surface area contributed by atoms with E-state index in [1.807, 2.05) is 72.8 Å². The number of hydrogen-bond donors (Lipinski definition) is 3. The van der Waals surface area contributed by atoms with Gasteiger partial charge in [-0.25, -0.2) is 0 Å². The van der Waals surface area contributed by atoms with Crippen molar-refractivity contribution in [1.82, 2.24) is 15.2 Å². The van der Waals surface area contributed by atoms with Crippen molar-refractivity contribution in [1.29, 1.82) is 0 Å². The van der Waals surface area contributed by atoms with Crippen molar-refractivity contribution in [2.75, 3.05) is 10.6 Å². The summed E-state index contributed by atoms with van der Waals surface area (Å²) in [5.74, 6) is 0.279. The van der Waals surface area contributed by atoms with E-state index in [9.17, 15) is 4.79 Å². The van der Waals surface area contributed by atoms with Gasteiger partial charge in [0, 0.05) is 28.5 Å². The monoisotopic (exact) mass is 403 g/mol. The van der Waals surface area contributed by atoms with Crippen LogP contribution in [0.3, 0.4) is 0 Å². The Labute approximate surface area is 172 Å². The molecule has 0 radical (unpaired) electrons. The number of nitrogens with zero attached hydrogens (tertiary/aromatic N) is 2. The molecule has 0 saturated heterocycles. The first-order chi connectivity index (χ1) is 14.2. The molecule has 0 spiro atoms. The molecule has 29 heavy (non-hydrogen) atoms. The van der Waals surface area contributed by atoms with Gasteiger partial charge in [-0.2, -0.15) is 0 Å². The van der Waals surface area contributed by atoms with E-state index in [1.54, 1.807) is 6.07 Å². The number of anilines is 4. The largest absolute Gasteiger partial charge is 0.356 e. The molecule has 0 atom stereocenters. The molecular weight excluding hydrogens is 386 g/mol. The summed E-state index contributed by atoms with van der Waals surface area (Å²) < 4.78 is 0. The summed E-state index contributed by atoms with van der Waals surface area (Å²) in [5, 5.41) is 15.1. The summed E-state index contributed by atoms with van der Waals surface area (Å²) in [6.07, 6.45) is 0.322. The predicted molar refractivity (Wildman–Crippen MR) is 116 cm³/mol. The second kappa shape index (κ2) is 8.58. The average molecular weight is 404 g/mol. The van der Waals surface area contributed by atoms with Crippen LogP contribution in [0.15, 0.2) is 83.7 Å². The number of halogens is 1. The van der Waals surface area contributed by atoms with E-state index >= 15 is 0 Å². The Balaban J connectivity index is 1.44. The van der Waals surface area contributed by atoms with E-state index in [2.05, 4.69) is 25.8 Å². The quantitative estimate of drug-likeness (QED) is 0.426. The van der Waals surface area contributed by atoms with Gasteiger partial charge in [-0.05, 0) is 48.0 Å². The van der Waals surface area contributed by atoms with Crippen molar-refractivity contribution in [3.63, 3.8) is 0 Å². The lowest BCUT2D eigenvalue weighted by atomic mass is 10.1. The zero-order valence-corrected chi connectivity index (χ0v) is 16.1. The summed E-state index contributed by atoms with van der Waals surface area (Å²) in [6.45, 7) is 0. The molecule has 0 amide bonds. The minimum absolute atomic E-state index is 0.279. The Morgan fingerprint density at radius 1 is 0.759 bits per heavy atom. The van der Waals surface area contributed by atoms with E-state index in [0.29, 0.717) is 17.1 Å². The highest BCUT2D eigenvalue weighted by molar-refractivity contribution is 6.31. The van der Waals surface area contributed by atoms with Gasteiger partial charge in [0.2, 0.25) is 5.95 Å². The summed E-state index contributed by atoms with van der Waals surface area (Å²) in [5.41, 5.74) is 3.59. The molecule has 4 aromatic rings. The highest BCUT2D eigenvalue weighted by atomic mass is 35.5. The van der Waals surface area contributed by atoms with Gasteiger partial charge < -0.3 is 10.6 Å². The maximum Gasteiger partial charge on any atom is 0.274 e. The van der Waals surface area contributed by atoms with Crippen molar-refractivity contribution in [2.45, 2.75) is 6.42 Å². The van der Waals surface area contributed by atoms with E-state index in [-0.39, 0.29) is 11.5 Å². The molecule has 6 nitrogen and oxygen atoms in total. The molecule has 0 aliphatic rings. The van der Waals surface area contributed by atoms with Gasteiger partial charge in [0.1, 0.15) is 5.69 Å². The van der Waals surface area contributed by atoms with Crippen LogP contribution in [0.4, 0.5) is 23.0 Å². The van der Waals surface area contributed by atoms with Crippen molar-refractivity contribution < 1.29 is 0 Å². The van der Waals surface area contributed by atoms with Crippen LogP contribution < -0.4 is 16.2 Å². The minimum atomic E-state index is -0.301. The van der Waals surface area contributed by atoms with Crippen LogP contribution in [-0.4, -0.2) is 15.2 Å². The maximum atomic E-state index is 12.4. The van der Waals surface area contributed by atoms with Gasteiger partial charge in [0.25, 0.3) is 5.56 Å². The van der Waals surface area contributed by atoms with E-state index in [0.717, 1.165) is 22.6 Å². The zero-order chi connectivity index (χ0) is 20.1. The molecule has 1 heterocycles. The number of hydrogen-bond acceptors (Lipinski definition) is 5. The molecule has 0 aliphatic heterocycles. The molecule has 0 aliphatic carbocycles. The number of aromatic amines is 1. The molecule has 7 heteroatoms. The second-order valence-electron chi connectivity index (χ2n) is 6.41. The number of rotatable bonds is 6. The smallest absolute Gasteiger partial charge is 0.274 e. The minimum Gasteiger partial charge on any atom is -0.356 e. The van der Waals surface area contributed by atoms with Crippen LogP contribution >= 0.6 is 11.6 Å². The molecular formula is C22H18ClN5O. The first kappa shape index (κ1) is 18.7. The van der Waals surface area contributed by atoms with Crippen molar-refractivity contribution in [3.8, 4) is 0 Å². The lowest BCUT2D eigenvalue weighted by molar-refractivity contribution is 0.874. The second-order valence-corrected chi connectivity index (χ2v) is 6.82. The third-order valence-electron chi connectivity index (χ3n) is 4.29. The Hall–Kier alpha value is -3.64. The fraction of sp³-hybridized carbons (Fsp3) is 0.0455. The Morgan fingerprint density at radius 3 is 2.07 bits per heavy atom. The van der Waals surface area contributed by atoms with Gasteiger partial charge in [-0.1, -0.05) is 48.0 Å². The highest BCUT2D eigenvalue weighted by Gasteiger charge is 2.08. The zero-order valence-electron chi connectivity index (χ0n) is 15.4. The topological polar surface area (TPSA) is 82.7 Å². The Kier molecular flexibility index (Phi) is 5.54. The number of aromatic nitrogens is 3. The standard InChI is InChI=1S/C22H18ClN5O/c23-19-9-5-4-6-15(19)14-20-21(29)26-22(28-27-20)25-18-12-10-17(11-13-18)24-16-7-2-1-3-8-16/h1-13,24H,14H2,(H2,25,26,28,29). The lowest BCUT2D eigenvalue weighted by Gasteiger charge is -2.09. The van der Waals surface area contributed by atoms with Crippen LogP contribution in [0.1, 0.15) is 11.3 Å². The maximum absolute atomic E-state index is 12.4. The Bertz CT molecular complexity index is 1160. The number of H-pyrrole nitrogens is 1. The third kappa shape index (κ3) is 4.80. The van der Waals surface area contributed by atoms with Crippen LogP contribution in [0.5, 0.6) is 0 Å². The number of nitrogens with one attached hydrogen (secondary N) is 3. The summed E-state index contributed by atoms with van der Waals surface area (Å²) >= 11 is 6.15. The predicted octanol–water partition coefficient (Wildman–Crippen LogP) is 4.90. The highest BCUT2D eigenvalue weighted by Crippen LogP contribution is 2.20. The van der Waals surface area contributed by atoms with Gasteiger partial charge in [0.05, 0.1) is 0 Å². The van der Waals surface area contributed by atoms with Gasteiger partial charge >= 0.3 is 0 Å². The summed E-state index contributed by atoms with van der Waals surface area (Å²) in [4.78, 5) is 15.1. The van der Waals surface area contributed by atoms with E-state index in [1.165, 1.54) is 0 Å². The molecule has 3 N–H and O–H groups in total. The average Bonchev–Trinajstić information content (AvgIpc) is 2.74. The molecule has 4 rings (SSSR count). The number of benzene rings is 3. The fourth-order valence-electron chi connectivity index (χ4n) is 2.82. The lowest BCUT2D eigenvalue weighted by Crippen LogP contribution is -2.19. The molecule has 0 unspecified atom stereocenters. The van der Waals surface area contributed by atoms with Crippen molar-refractivity contribution in [2.24, 2.45) is 0 Å². The van der Waals surface area contributed by atoms with Crippen LogP contribution in [0.2, 0.25) is 5.02 Å².